The van der Waals surface area contributed by atoms with E-state index in [1.54, 1.807) is 24.3 Å². The lowest BCUT2D eigenvalue weighted by molar-refractivity contribution is -0.140. The normalized spacial score (nSPS) is 25.9. The number of piperidine rings is 2. The number of amides is 5. The zero-order valence-corrected chi connectivity index (χ0v) is 23.1. The quantitative estimate of drug-likeness (QED) is 0.554. The van der Waals surface area contributed by atoms with E-state index >= 15 is 0 Å². The number of piperazine rings is 1. The molecule has 5 aliphatic heterocycles. The Balaban J connectivity index is 1.04. The lowest BCUT2D eigenvalue weighted by atomic mass is 9.83. The fourth-order valence-corrected chi connectivity index (χ4v) is 7.24. The molecule has 1 aliphatic carbocycles. The molecular weight excluding hydrogens is 539 g/mol. The monoisotopic (exact) mass is 570 g/mol. The first kappa shape index (κ1) is 26.7. The molecule has 5 amide bonds. The molecule has 4 saturated heterocycles. The maximum atomic E-state index is 13.7. The van der Waals surface area contributed by atoms with Crippen LogP contribution < -0.4 is 5.32 Å². The first-order valence-corrected chi connectivity index (χ1v) is 14.7. The molecule has 5 heterocycles. The summed E-state index contributed by atoms with van der Waals surface area (Å²) in [5, 5.41) is 2.22. The van der Waals surface area contributed by atoms with Gasteiger partial charge in [-0.1, -0.05) is 18.2 Å². The Morgan fingerprint density at radius 3 is 2.33 bits per heavy atom. The lowest BCUT2D eigenvalue weighted by Crippen LogP contribution is -2.69. The predicted molar refractivity (Wildman–Crippen MR) is 149 cm³/mol. The van der Waals surface area contributed by atoms with E-state index in [0.717, 1.165) is 59.3 Å². The van der Waals surface area contributed by atoms with Crippen LogP contribution in [0.2, 0.25) is 0 Å². The van der Waals surface area contributed by atoms with Crippen molar-refractivity contribution in [3.05, 3.63) is 76.1 Å². The fraction of sp³-hybridized carbons (Fsp3) is 0.406. The third-order valence-corrected chi connectivity index (χ3v) is 9.42. The van der Waals surface area contributed by atoms with Crippen LogP contribution in [-0.2, 0) is 20.9 Å². The Bertz CT molecular complexity index is 1550. The molecule has 216 valence electrons. The van der Waals surface area contributed by atoms with Gasteiger partial charge in [0.25, 0.3) is 11.8 Å². The summed E-state index contributed by atoms with van der Waals surface area (Å²) >= 11 is 0. The summed E-state index contributed by atoms with van der Waals surface area (Å²) in [6, 6.07) is 11.1. The van der Waals surface area contributed by atoms with Crippen molar-refractivity contribution in [2.75, 3.05) is 13.1 Å². The Hall–Kier alpha value is -4.18. The SMILES string of the molecule is O=C1CCC(N2C(=O)c3ccc(CN4C5CC4CN(C(=O)C4=C(c6ccc(F)cc6)CCCC4)C5)cc3C2=O)C(=O)N1. The molecule has 8 rings (SSSR count). The number of rotatable bonds is 5. The Kier molecular flexibility index (Phi) is 6.53. The van der Waals surface area contributed by atoms with Crippen LogP contribution in [0.3, 0.4) is 0 Å². The minimum atomic E-state index is -0.986. The van der Waals surface area contributed by atoms with Gasteiger partial charge < -0.3 is 4.90 Å². The molecule has 4 fully saturated rings. The van der Waals surface area contributed by atoms with Gasteiger partial charge >= 0.3 is 0 Å². The van der Waals surface area contributed by atoms with Crippen LogP contribution in [0.5, 0.6) is 0 Å². The summed E-state index contributed by atoms with van der Waals surface area (Å²) < 4.78 is 13.5. The molecule has 2 aromatic carbocycles. The maximum absolute atomic E-state index is 13.7. The first-order chi connectivity index (χ1) is 20.3. The van der Waals surface area contributed by atoms with Crippen LogP contribution in [0, 0.1) is 5.82 Å². The largest absolute Gasteiger partial charge is 0.336 e. The second-order valence-corrected chi connectivity index (χ2v) is 11.9. The minimum Gasteiger partial charge on any atom is -0.336 e. The van der Waals surface area contributed by atoms with Gasteiger partial charge in [-0.25, -0.2) is 4.39 Å². The zero-order valence-electron chi connectivity index (χ0n) is 23.1. The first-order valence-electron chi connectivity index (χ1n) is 14.7. The van der Waals surface area contributed by atoms with Crippen molar-refractivity contribution >= 4 is 35.1 Å². The number of fused-ring (bicyclic) bond motifs is 3. The van der Waals surface area contributed by atoms with Crippen LogP contribution in [-0.4, -0.2) is 75.5 Å². The van der Waals surface area contributed by atoms with Gasteiger partial charge in [0.2, 0.25) is 17.7 Å². The molecule has 0 saturated carbocycles. The average Bonchev–Trinajstić information content (AvgIpc) is 3.24. The van der Waals surface area contributed by atoms with Gasteiger partial charge in [0, 0.05) is 43.7 Å². The van der Waals surface area contributed by atoms with Gasteiger partial charge in [-0.3, -0.25) is 39.1 Å². The van der Waals surface area contributed by atoms with Gasteiger partial charge in [-0.2, -0.15) is 0 Å². The van der Waals surface area contributed by atoms with Crippen molar-refractivity contribution < 1.29 is 28.4 Å². The van der Waals surface area contributed by atoms with E-state index < -0.39 is 29.7 Å². The predicted octanol–water partition coefficient (Wildman–Crippen LogP) is 3.04. The third-order valence-electron chi connectivity index (χ3n) is 9.42. The summed E-state index contributed by atoms with van der Waals surface area (Å²) in [6.45, 7) is 1.84. The van der Waals surface area contributed by atoms with Crippen LogP contribution in [0.25, 0.3) is 5.57 Å². The summed E-state index contributed by atoms with van der Waals surface area (Å²) in [5.41, 5.74) is 4.25. The fourth-order valence-electron chi connectivity index (χ4n) is 7.24. The number of allylic oxidation sites excluding steroid dienone is 1. The highest BCUT2D eigenvalue weighted by Crippen LogP contribution is 2.38. The summed E-state index contributed by atoms with van der Waals surface area (Å²) in [7, 11) is 0. The standard InChI is InChI=1S/C32H31FN4O5/c33-20-8-6-19(7-9-20)23-3-1-2-4-24(23)30(40)35-16-21-14-22(17-35)36(21)15-18-5-10-25-26(13-18)32(42)37(31(25)41)27-11-12-28(38)34-29(27)39/h5-10,13,21-22,27H,1-4,11-12,14-17H2,(H,34,38,39). The number of carbonyl (C=O) groups excluding carboxylic acids is 5. The van der Waals surface area contributed by atoms with Crippen LogP contribution in [0.4, 0.5) is 4.39 Å². The Labute approximate surface area is 242 Å². The molecule has 3 unspecified atom stereocenters. The smallest absolute Gasteiger partial charge is 0.262 e. The maximum Gasteiger partial charge on any atom is 0.262 e. The van der Waals surface area contributed by atoms with Crippen molar-refractivity contribution in [2.24, 2.45) is 0 Å². The highest BCUT2D eigenvalue weighted by atomic mass is 19.1. The molecule has 42 heavy (non-hydrogen) atoms. The van der Waals surface area contributed by atoms with E-state index in [0.29, 0.717) is 19.6 Å². The van der Waals surface area contributed by atoms with Gasteiger partial charge in [-0.05, 0) is 79.5 Å². The second-order valence-electron chi connectivity index (χ2n) is 11.9. The van der Waals surface area contributed by atoms with Gasteiger partial charge in [0.15, 0.2) is 0 Å². The van der Waals surface area contributed by atoms with Crippen molar-refractivity contribution in [3.63, 3.8) is 0 Å². The van der Waals surface area contributed by atoms with Crippen molar-refractivity contribution in [1.82, 2.24) is 20.0 Å². The lowest BCUT2D eigenvalue weighted by Gasteiger charge is -2.56. The topological polar surface area (TPSA) is 107 Å². The second kappa shape index (κ2) is 10.3. The molecule has 1 N–H and O–H groups in total. The van der Waals surface area contributed by atoms with Crippen LogP contribution in [0.1, 0.15) is 76.8 Å². The summed E-state index contributed by atoms with van der Waals surface area (Å²) in [5.74, 6) is -2.25. The number of hydrogen-bond donors (Lipinski definition) is 1. The number of nitrogens with zero attached hydrogens (tertiary/aromatic N) is 3. The molecular formula is C32H31FN4O5. The van der Waals surface area contributed by atoms with Crippen molar-refractivity contribution in [1.29, 1.82) is 0 Å². The van der Waals surface area contributed by atoms with E-state index in [4.69, 9.17) is 0 Å². The number of hydrogen-bond acceptors (Lipinski definition) is 6. The third kappa shape index (κ3) is 4.45. The van der Waals surface area contributed by atoms with E-state index in [2.05, 4.69) is 10.2 Å². The van der Waals surface area contributed by atoms with Gasteiger partial charge in [-0.15, -0.1) is 0 Å². The summed E-state index contributed by atoms with van der Waals surface area (Å²) in [6.07, 6.45) is 4.74. The highest BCUT2D eigenvalue weighted by molar-refractivity contribution is 6.23. The highest BCUT2D eigenvalue weighted by Gasteiger charge is 2.47. The molecule has 0 aromatic heterocycles. The van der Waals surface area contributed by atoms with Crippen molar-refractivity contribution in [3.8, 4) is 0 Å². The molecule has 6 aliphatic rings. The number of benzene rings is 2. The average molecular weight is 571 g/mol. The number of nitrogens with one attached hydrogen (secondary N) is 1. The van der Waals surface area contributed by atoms with Crippen molar-refractivity contribution in [2.45, 2.75) is 69.6 Å². The molecule has 2 aromatic rings. The van der Waals surface area contributed by atoms with Crippen LogP contribution in [0.15, 0.2) is 48.0 Å². The molecule has 0 spiro atoms. The van der Waals surface area contributed by atoms with Gasteiger partial charge in [0.1, 0.15) is 11.9 Å². The molecule has 10 heteroatoms. The zero-order chi connectivity index (χ0) is 29.1. The summed E-state index contributed by atoms with van der Waals surface area (Å²) in [4.78, 5) is 69.1. The van der Waals surface area contributed by atoms with E-state index in [9.17, 15) is 28.4 Å². The van der Waals surface area contributed by atoms with E-state index in [1.807, 2.05) is 11.0 Å². The molecule has 9 nitrogen and oxygen atoms in total. The minimum absolute atomic E-state index is 0.0805. The number of halogens is 1. The number of imide groups is 2. The van der Waals surface area contributed by atoms with Gasteiger partial charge in [0.05, 0.1) is 11.1 Å². The van der Waals surface area contributed by atoms with Crippen LogP contribution >= 0.6 is 0 Å². The Morgan fingerprint density at radius 1 is 0.881 bits per heavy atom. The molecule has 2 bridgehead atoms. The van der Waals surface area contributed by atoms with E-state index in [-0.39, 0.29) is 47.8 Å². The molecule has 3 atom stereocenters. The number of carbonyl (C=O) groups is 5. The van der Waals surface area contributed by atoms with E-state index in [1.165, 1.54) is 12.1 Å². The Morgan fingerprint density at radius 2 is 1.60 bits per heavy atom. The molecule has 0 radical (unpaired) electrons.